The molecule has 114 valence electrons. The number of aromatic nitrogens is 4. The van der Waals surface area contributed by atoms with Gasteiger partial charge < -0.3 is 25.1 Å². The fourth-order valence-corrected chi connectivity index (χ4v) is 2.35. The second-order valence-electron chi connectivity index (χ2n) is 4.69. The number of imidazole rings is 1. The number of carbonyl (C=O) groups excluding carboxylic acids is 1. The van der Waals surface area contributed by atoms with Crippen molar-refractivity contribution in [1.82, 2.24) is 19.5 Å². The zero-order chi connectivity index (χ0) is 15.9. The van der Waals surface area contributed by atoms with E-state index in [0.29, 0.717) is 17.6 Å². The molecule has 0 unspecified atom stereocenters. The Morgan fingerprint density at radius 3 is 2.82 bits per heavy atom. The molecule has 0 radical (unpaired) electrons. The summed E-state index contributed by atoms with van der Waals surface area (Å²) >= 11 is 0. The van der Waals surface area contributed by atoms with Crippen molar-refractivity contribution >= 4 is 23.3 Å². The van der Waals surface area contributed by atoms with E-state index in [0.717, 1.165) is 0 Å². The van der Waals surface area contributed by atoms with Crippen LogP contribution in [0.1, 0.15) is 12.1 Å². The van der Waals surface area contributed by atoms with Gasteiger partial charge in [-0.05, 0) is 0 Å². The first kappa shape index (κ1) is 14.3. The van der Waals surface area contributed by atoms with E-state index in [-0.39, 0.29) is 11.5 Å². The van der Waals surface area contributed by atoms with E-state index in [1.165, 1.54) is 10.9 Å². The molecule has 1 saturated heterocycles. The van der Waals surface area contributed by atoms with Crippen LogP contribution in [0.25, 0.3) is 11.2 Å². The Morgan fingerprint density at radius 1 is 1.45 bits per heavy atom. The number of carbonyl (C=O) groups is 1. The minimum Gasteiger partial charge on any atom is -0.387 e. The highest BCUT2D eigenvalue weighted by molar-refractivity contribution is 5.83. The van der Waals surface area contributed by atoms with Crippen LogP contribution in [0.5, 0.6) is 0 Å². The van der Waals surface area contributed by atoms with Gasteiger partial charge in [0.2, 0.25) is 5.82 Å². The molecule has 1 aliphatic rings. The first-order valence-corrected chi connectivity index (χ1v) is 6.40. The molecule has 4 atom stereocenters. The fraction of sp³-hybridized carbons (Fsp3) is 0.417. The first-order valence-electron chi connectivity index (χ1n) is 6.40. The largest absolute Gasteiger partial charge is 0.387 e. The zero-order valence-electron chi connectivity index (χ0n) is 11.4. The SMILES string of the molecule is CNc1nc(C#N)nc2c1ncn2[C@@H]1O[C@H](C=O)[C@@H](O)[C@H]1O. The van der Waals surface area contributed by atoms with Crippen LogP contribution in [0.15, 0.2) is 6.33 Å². The highest BCUT2D eigenvalue weighted by Crippen LogP contribution is 2.31. The Labute approximate surface area is 124 Å². The van der Waals surface area contributed by atoms with E-state index in [1.54, 1.807) is 7.05 Å². The Balaban J connectivity index is 2.13. The molecule has 3 heterocycles. The Kier molecular flexibility index (Phi) is 3.45. The number of nitriles is 1. The average molecular weight is 304 g/mol. The maximum atomic E-state index is 10.8. The van der Waals surface area contributed by atoms with E-state index in [1.807, 2.05) is 6.07 Å². The molecule has 22 heavy (non-hydrogen) atoms. The van der Waals surface area contributed by atoms with Gasteiger partial charge in [-0.15, -0.1) is 0 Å². The molecule has 10 nitrogen and oxygen atoms in total. The summed E-state index contributed by atoms with van der Waals surface area (Å²) in [6, 6.07) is 1.83. The fourth-order valence-electron chi connectivity index (χ4n) is 2.35. The number of ether oxygens (including phenoxy) is 1. The molecule has 0 bridgehead atoms. The second-order valence-corrected chi connectivity index (χ2v) is 4.69. The van der Waals surface area contributed by atoms with Gasteiger partial charge in [-0.25, -0.2) is 4.98 Å². The maximum Gasteiger partial charge on any atom is 0.236 e. The third-order valence-electron chi connectivity index (χ3n) is 3.44. The number of nitrogens with zero attached hydrogens (tertiary/aromatic N) is 5. The lowest BCUT2D eigenvalue weighted by atomic mass is 10.1. The molecular formula is C12H12N6O4. The van der Waals surface area contributed by atoms with E-state index >= 15 is 0 Å². The van der Waals surface area contributed by atoms with Crippen LogP contribution >= 0.6 is 0 Å². The number of aliphatic hydroxyl groups excluding tert-OH is 2. The maximum absolute atomic E-state index is 10.8. The monoisotopic (exact) mass is 304 g/mol. The van der Waals surface area contributed by atoms with Crippen molar-refractivity contribution in [3.05, 3.63) is 12.2 Å². The van der Waals surface area contributed by atoms with E-state index in [2.05, 4.69) is 20.3 Å². The zero-order valence-corrected chi connectivity index (χ0v) is 11.4. The van der Waals surface area contributed by atoms with Crippen molar-refractivity contribution in [2.45, 2.75) is 24.5 Å². The lowest BCUT2D eigenvalue weighted by Gasteiger charge is -2.16. The first-order chi connectivity index (χ1) is 10.6. The Morgan fingerprint density at radius 2 is 2.23 bits per heavy atom. The van der Waals surface area contributed by atoms with Crippen molar-refractivity contribution in [2.24, 2.45) is 0 Å². The van der Waals surface area contributed by atoms with Crippen LogP contribution in [-0.2, 0) is 9.53 Å². The van der Waals surface area contributed by atoms with Gasteiger partial charge in [-0.2, -0.15) is 15.2 Å². The van der Waals surface area contributed by atoms with Crippen LogP contribution < -0.4 is 5.32 Å². The van der Waals surface area contributed by atoms with Gasteiger partial charge in [0.15, 0.2) is 29.5 Å². The summed E-state index contributed by atoms with van der Waals surface area (Å²) in [5.41, 5.74) is 0.625. The summed E-state index contributed by atoms with van der Waals surface area (Å²) < 4.78 is 6.68. The third kappa shape index (κ3) is 2.00. The minimum absolute atomic E-state index is 0.0847. The molecule has 3 rings (SSSR count). The molecular weight excluding hydrogens is 292 g/mol. The quantitative estimate of drug-likeness (QED) is 0.580. The van der Waals surface area contributed by atoms with Gasteiger partial charge in [0.1, 0.15) is 24.4 Å². The van der Waals surface area contributed by atoms with E-state index < -0.39 is 24.5 Å². The topological polar surface area (TPSA) is 146 Å². The predicted molar refractivity (Wildman–Crippen MR) is 71.6 cm³/mol. The summed E-state index contributed by atoms with van der Waals surface area (Å²) in [7, 11) is 1.62. The summed E-state index contributed by atoms with van der Waals surface area (Å²) in [5.74, 6) is 0.263. The summed E-state index contributed by atoms with van der Waals surface area (Å²) in [6.07, 6.45) is -3.09. The molecule has 1 fully saturated rings. The van der Waals surface area contributed by atoms with Crippen molar-refractivity contribution in [3.63, 3.8) is 0 Å². The van der Waals surface area contributed by atoms with Crippen molar-refractivity contribution in [2.75, 3.05) is 12.4 Å². The number of hydrogen-bond donors (Lipinski definition) is 3. The van der Waals surface area contributed by atoms with Crippen LogP contribution in [0.3, 0.4) is 0 Å². The number of hydrogen-bond acceptors (Lipinski definition) is 9. The van der Waals surface area contributed by atoms with Crippen molar-refractivity contribution in [1.29, 1.82) is 5.26 Å². The van der Waals surface area contributed by atoms with Crippen LogP contribution in [0, 0.1) is 11.3 Å². The summed E-state index contributed by atoms with van der Waals surface area (Å²) in [5, 5.41) is 31.6. The number of fused-ring (bicyclic) bond motifs is 1. The highest BCUT2D eigenvalue weighted by atomic mass is 16.6. The Hall–Kier alpha value is -2.61. The summed E-state index contributed by atoms with van der Waals surface area (Å²) in [6.45, 7) is 0. The molecule has 1 aliphatic heterocycles. The molecule has 0 saturated carbocycles. The van der Waals surface area contributed by atoms with Gasteiger partial charge in [-0.3, -0.25) is 4.57 Å². The molecule has 10 heteroatoms. The van der Waals surface area contributed by atoms with Gasteiger partial charge in [0.25, 0.3) is 0 Å². The standard InChI is InChI=1S/C12H12N6O4/c1-14-10-7-11(17-6(2-13)16-10)18(4-15-7)12-9(21)8(20)5(3-19)22-12/h3-5,8-9,12,20-21H,1H3,(H,14,16,17)/t5-,8-,9-,12-/m1/s1. The smallest absolute Gasteiger partial charge is 0.236 e. The second kappa shape index (κ2) is 5.30. The van der Waals surface area contributed by atoms with Gasteiger partial charge in [-0.1, -0.05) is 0 Å². The molecule has 0 aromatic carbocycles. The average Bonchev–Trinajstić information content (AvgIpc) is 3.08. The minimum atomic E-state index is -1.35. The van der Waals surface area contributed by atoms with Crippen LogP contribution in [0.4, 0.5) is 5.82 Å². The number of rotatable bonds is 3. The molecule has 2 aromatic rings. The van der Waals surface area contributed by atoms with Crippen molar-refractivity contribution in [3.8, 4) is 6.07 Å². The lowest BCUT2D eigenvalue weighted by Crippen LogP contribution is -2.32. The molecule has 3 N–H and O–H groups in total. The number of nitrogens with one attached hydrogen (secondary N) is 1. The molecule has 2 aromatic heterocycles. The van der Waals surface area contributed by atoms with Gasteiger partial charge >= 0.3 is 0 Å². The van der Waals surface area contributed by atoms with Crippen LogP contribution in [0.2, 0.25) is 0 Å². The van der Waals surface area contributed by atoms with Crippen molar-refractivity contribution < 1.29 is 19.7 Å². The molecule has 0 spiro atoms. The molecule has 0 amide bonds. The van der Waals surface area contributed by atoms with E-state index in [4.69, 9.17) is 10.00 Å². The predicted octanol–water partition coefficient (Wildman–Crippen LogP) is -1.44. The molecule has 0 aliphatic carbocycles. The van der Waals surface area contributed by atoms with E-state index in [9.17, 15) is 15.0 Å². The summed E-state index contributed by atoms with van der Waals surface area (Å²) in [4.78, 5) is 23.0. The third-order valence-corrected chi connectivity index (χ3v) is 3.44. The van der Waals surface area contributed by atoms with Crippen LogP contribution in [-0.4, -0.2) is 61.4 Å². The van der Waals surface area contributed by atoms with Gasteiger partial charge in [0, 0.05) is 7.05 Å². The number of aliphatic hydroxyl groups is 2. The number of aldehydes is 1. The highest BCUT2D eigenvalue weighted by Gasteiger charge is 2.44. The van der Waals surface area contributed by atoms with Gasteiger partial charge in [0.05, 0.1) is 6.33 Å². The normalized spacial score (nSPS) is 27.7. The Bertz CT molecular complexity index is 769. The number of anilines is 1. The lowest BCUT2D eigenvalue weighted by molar-refractivity contribution is -0.122.